The van der Waals surface area contributed by atoms with Gasteiger partial charge in [-0.3, -0.25) is 0 Å². The molecule has 0 aliphatic carbocycles. The standard InChI is InChI=1S/C11H13NO3/c1-7-5-9(13-2)8(6-12)11(15-4)10(7)14-3/h5H,1-4H3. The molecule has 0 fully saturated rings. The third kappa shape index (κ3) is 1.82. The zero-order chi connectivity index (χ0) is 11.4. The lowest BCUT2D eigenvalue weighted by atomic mass is 10.1. The van der Waals surface area contributed by atoms with Gasteiger partial charge in [0.05, 0.1) is 21.3 Å². The lowest BCUT2D eigenvalue weighted by Crippen LogP contribution is -1.99. The number of aryl methyl sites for hydroxylation is 1. The maximum absolute atomic E-state index is 9.01. The van der Waals surface area contributed by atoms with Crippen molar-refractivity contribution in [2.24, 2.45) is 0 Å². The van der Waals surface area contributed by atoms with Crippen molar-refractivity contribution in [2.45, 2.75) is 6.92 Å². The largest absolute Gasteiger partial charge is 0.495 e. The Bertz CT molecular complexity index is 407. The molecule has 0 saturated carbocycles. The van der Waals surface area contributed by atoms with Gasteiger partial charge in [-0.15, -0.1) is 0 Å². The molecule has 0 bridgehead atoms. The van der Waals surface area contributed by atoms with Gasteiger partial charge in [0.1, 0.15) is 17.4 Å². The molecular weight excluding hydrogens is 194 g/mol. The predicted octanol–water partition coefficient (Wildman–Crippen LogP) is 1.89. The van der Waals surface area contributed by atoms with Crippen LogP contribution in [-0.2, 0) is 0 Å². The van der Waals surface area contributed by atoms with Crippen molar-refractivity contribution >= 4 is 0 Å². The fourth-order valence-electron chi connectivity index (χ4n) is 1.45. The Morgan fingerprint density at radius 1 is 1.07 bits per heavy atom. The summed E-state index contributed by atoms with van der Waals surface area (Å²) in [5.74, 6) is 1.47. The molecule has 1 aromatic carbocycles. The summed E-state index contributed by atoms with van der Waals surface area (Å²) in [6.07, 6.45) is 0. The molecule has 15 heavy (non-hydrogen) atoms. The quantitative estimate of drug-likeness (QED) is 0.759. The summed E-state index contributed by atoms with van der Waals surface area (Å²) in [6, 6.07) is 3.79. The van der Waals surface area contributed by atoms with Gasteiger partial charge < -0.3 is 14.2 Å². The van der Waals surface area contributed by atoms with Crippen molar-refractivity contribution in [2.75, 3.05) is 21.3 Å². The molecule has 0 unspecified atom stereocenters. The van der Waals surface area contributed by atoms with E-state index in [1.807, 2.05) is 13.0 Å². The molecule has 0 aromatic heterocycles. The minimum Gasteiger partial charge on any atom is -0.495 e. The van der Waals surface area contributed by atoms with Crippen LogP contribution in [0.25, 0.3) is 0 Å². The maximum atomic E-state index is 9.01. The number of hydrogen-bond donors (Lipinski definition) is 0. The molecule has 0 aliphatic rings. The molecule has 0 saturated heterocycles. The smallest absolute Gasteiger partial charge is 0.182 e. The summed E-state index contributed by atoms with van der Waals surface area (Å²) in [7, 11) is 4.55. The Balaban J connectivity index is 3.53. The Morgan fingerprint density at radius 3 is 2.07 bits per heavy atom. The first-order chi connectivity index (χ1) is 7.19. The summed E-state index contributed by atoms with van der Waals surface area (Å²) >= 11 is 0. The first kappa shape index (κ1) is 11.2. The SMILES string of the molecule is COc1cc(C)c(OC)c(OC)c1C#N. The van der Waals surface area contributed by atoms with Gasteiger partial charge in [0, 0.05) is 0 Å². The minimum atomic E-state index is 0.349. The zero-order valence-electron chi connectivity index (χ0n) is 9.25. The minimum absolute atomic E-state index is 0.349. The van der Waals surface area contributed by atoms with Gasteiger partial charge in [-0.1, -0.05) is 0 Å². The molecule has 0 radical (unpaired) electrons. The first-order valence-electron chi connectivity index (χ1n) is 4.39. The average Bonchev–Trinajstić information content (AvgIpc) is 2.27. The number of nitrogens with zero attached hydrogens (tertiary/aromatic N) is 1. The van der Waals surface area contributed by atoms with E-state index in [-0.39, 0.29) is 0 Å². The van der Waals surface area contributed by atoms with Crippen LogP contribution in [0.4, 0.5) is 0 Å². The van der Waals surface area contributed by atoms with Crippen LogP contribution in [0.2, 0.25) is 0 Å². The van der Waals surface area contributed by atoms with E-state index in [0.29, 0.717) is 22.8 Å². The highest BCUT2D eigenvalue weighted by atomic mass is 16.5. The van der Waals surface area contributed by atoms with Gasteiger partial charge in [-0.05, 0) is 18.6 Å². The molecule has 0 N–H and O–H groups in total. The number of nitriles is 1. The van der Waals surface area contributed by atoms with E-state index in [1.54, 1.807) is 13.2 Å². The Labute approximate surface area is 89.0 Å². The highest BCUT2D eigenvalue weighted by molar-refractivity contribution is 5.62. The van der Waals surface area contributed by atoms with Gasteiger partial charge in [0.15, 0.2) is 11.5 Å². The van der Waals surface area contributed by atoms with E-state index in [0.717, 1.165) is 5.56 Å². The third-order valence-electron chi connectivity index (χ3n) is 2.13. The van der Waals surface area contributed by atoms with Crippen LogP contribution in [0, 0.1) is 18.3 Å². The van der Waals surface area contributed by atoms with Gasteiger partial charge in [0.25, 0.3) is 0 Å². The van der Waals surface area contributed by atoms with E-state index in [9.17, 15) is 0 Å². The molecule has 4 nitrogen and oxygen atoms in total. The second kappa shape index (κ2) is 4.56. The Morgan fingerprint density at radius 2 is 1.67 bits per heavy atom. The van der Waals surface area contributed by atoms with Crippen molar-refractivity contribution in [1.29, 1.82) is 5.26 Å². The highest BCUT2D eigenvalue weighted by Gasteiger charge is 2.18. The van der Waals surface area contributed by atoms with E-state index in [2.05, 4.69) is 0 Å². The van der Waals surface area contributed by atoms with E-state index >= 15 is 0 Å². The third-order valence-corrected chi connectivity index (χ3v) is 2.13. The number of benzene rings is 1. The fraction of sp³-hybridized carbons (Fsp3) is 0.364. The van der Waals surface area contributed by atoms with Gasteiger partial charge in [0.2, 0.25) is 0 Å². The second-order valence-corrected chi connectivity index (χ2v) is 2.95. The molecular formula is C11H13NO3. The zero-order valence-corrected chi connectivity index (χ0v) is 9.25. The van der Waals surface area contributed by atoms with Crippen LogP contribution >= 0.6 is 0 Å². The van der Waals surface area contributed by atoms with Crippen molar-refractivity contribution in [3.05, 3.63) is 17.2 Å². The van der Waals surface area contributed by atoms with E-state index < -0.39 is 0 Å². The molecule has 80 valence electrons. The fourth-order valence-corrected chi connectivity index (χ4v) is 1.45. The summed E-state index contributed by atoms with van der Waals surface area (Å²) < 4.78 is 15.4. The Kier molecular flexibility index (Phi) is 3.40. The van der Waals surface area contributed by atoms with Crippen LogP contribution in [0.1, 0.15) is 11.1 Å². The molecule has 1 rings (SSSR count). The van der Waals surface area contributed by atoms with Crippen LogP contribution in [0.15, 0.2) is 6.07 Å². The second-order valence-electron chi connectivity index (χ2n) is 2.95. The van der Waals surface area contributed by atoms with Gasteiger partial charge in [-0.25, -0.2) is 0 Å². The van der Waals surface area contributed by atoms with Crippen molar-refractivity contribution < 1.29 is 14.2 Å². The summed E-state index contributed by atoms with van der Waals surface area (Å²) in [4.78, 5) is 0. The molecule has 0 spiro atoms. The normalized spacial score (nSPS) is 9.27. The lowest BCUT2D eigenvalue weighted by Gasteiger charge is -2.14. The number of methoxy groups -OCH3 is 3. The highest BCUT2D eigenvalue weighted by Crippen LogP contribution is 2.39. The maximum Gasteiger partial charge on any atom is 0.182 e. The Hall–Kier alpha value is -1.89. The summed E-state index contributed by atoms with van der Waals surface area (Å²) in [6.45, 7) is 1.87. The lowest BCUT2D eigenvalue weighted by molar-refractivity contribution is 0.345. The molecule has 1 aromatic rings. The van der Waals surface area contributed by atoms with Crippen molar-refractivity contribution in [1.82, 2.24) is 0 Å². The van der Waals surface area contributed by atoms with Crippen LogP contribution in [0.3, 0.4) is 0 Å². The first-order valence-corrected chi connectivity index (χ1v) is 4.39. The molecule has 0 amide bonds. The number of ether oxygens (including phenoxy) is 3. The molecule has 4 heteroatoms. The van der Waals surface area contributed by atoms with Crippen LogP contribution in [-0.4, -0.2) is 21.3 Å². The molecule has 0 atom stereocenters. The van der Waals surface area contributed by atoms with Crippen LogP contribution in [0.5, 0.6) is 17.2 Å². The topological polar surface area (TPSA) is 51.5 Å². The average molecular weight is 207 g/mol. The monoisotopic (exact) mass is 207 g/mol. The number of hydrogen-bond acceptors (Lipinski definition) is 4. The van der Waals surface area contributed by atoms with Crippen LogP contribution < -0.4 is 14.2 Å². The number of rotatable bonds is 3. The van der Waals surface area contributed by atoms with Gasteiger partial charge in [-0.2, -0.15) is 5.26 Å². The van der Waals surface area contributed by atoms with E-state index in [4.69, 9.17) is 19.5 Å². The van der Waals surface area contributed by atoms with Crippen molar-refractivity contribution in [3.63, 3.8) is 0 Å². The van der Waals surface area contributed by atoms with Gasteiger partial charge >= 0.3 is 0 Å². The van der Waals surface area contributed by atoms with E-state index in [1.165, 1.54) is 14.2 Å². The molecule has 0 aliphatic heterocycles. The predicted molar refractivity (Wildman–Crippen MR) is 55.6 cm³/mol. The molecule has 0 heterocycles. The van der Waals surface area contributed by atoms with Crippen molar-refractivity contribution in [3.8, 4) is 23.3 Å². The summed E-state index contributed by atoms with van der Waals surface area (Å²) in [5.41, 5.74) is 1.22. The summed E-state index contributed by atoms with van der Waals surface area (Å²) in [5, 5.41) is 9.01.